The molecule has 2 aromatic heterocycles. The number of nitrogens with zero attached hydrogens (tertiary/aromatic N) is 4. The van der Waals surface area contributed by atoms with E-state index in [2.05, 4.69) is 20.5 Å². The molecule has 4 aliphatic rings. The van der Waals surface area contributed by atoms with Gasteiger partial charge in [-0.3, -0.25) is 14.5 Å². The molecule has 7 rings (SSSR count). The van der Waals surface area contributed by atoms with Gasteiger partial charge in [0.15, 0.2) is 0 Å². The molecule has 2 aliphatic heterocycles. The standard InChI is InChI=1S/C21H17N5O2S/c1-26-17-12(8-5-9-22-17)14-15-16(14)21(15,20(26)28)23-18(27)19-25-24-13(29-19)10-11-6-3-2-4-7-11/h2-9,14-16H,10H2,1H3,(H,23,27)/t14?,15-,16?,21?/m1/s1. The summed E-state index contributed by atoms with van der Waals surface area (Å²) in [5.74, 6) is 0.893. The molecule has 2 fully saturated rings. The average Bonchev–Trinajstić information content (AvgIpc) is 3.60. The van der Waals surface area contributed by atoms with Crippen LogP contribution in [0, 0.1) is 11.8 Å². The van der Waals surface area contributed by atoms with Crippen molar-refractivity contribution in [2.75, 3.05) is 11.9 Å². The van der Waals surface area contributed by atoms with E-state index in [1.165, 1.54) is 11.3 Å². The van der Waals surface area contributed by atoms with Crippen LogP contribution in [0.2, 0.25) is 0 Å². The Morgan fingerprint density at radius 1 is 1.17 bits per heavy atom. The molecule has 3 unspecified atom stereocenters. The van der Waals surface area contributed by atoms with Gasteiger partial charge in [-0.2, -0.15) is 0 Å². The number of likely N-dealkylation sites (N-methyl/N-ethyl adjacent to an activating group) is 1. The number of nitrogens with one attached hydrogen (secondary N) is 1. The first-order valence-corrected chi connectivity index (χ1v) is 10.3. The first-order valence-electron chi connectivity index (χ1n) is 9.53. The van der Waals surface area contributed by atoms with E-state index in [0.29, 0.717) is 23.2 Å². The molecule has 7 nitrogen and oxygen atoms in total. The van der Waals surface area contributed by atoms with Crippen LogP contribution in [0.3, 0.4) is 0 Å². The van der Waals surface area contributed by atoms with Crippen molar-refractivity contribution in [2.24, 2.45) is 11.8 Å². The molecule has 2 amide bonds. The predicted octanol–water partition coefficient (Wildman–Crippen LogP) is 2.01. The topological polar surface area (TPSA) is 88.1 Å². The van der Waals surface area contributed by atoms with Crippen molar-refractivity contribution in [2.45, 2.75) is 17.9 Å². The maximum absolute atomic E-state index is 13.1. The van der Waals surface area contributed by atoms with Gasteiger partial charge in [-0.1, -0.05) is 47.7 Å². The fourth-order valence-corrected chi connectivity index (χ4v) is 5.61. The van der Waals surface area contributed by atoms with Gasteiger partial charge >= 0.3 is 0 Å². The number of pyridine rings is 1. The van der Waals surface area contributed by atoms with Crippen LogP contribution in [0.1, 0.15) is 31.9 Å². The van der Waals surface area contributed by atoms with E-state index in [4.69, 9.17) is 0 Å². The fourth-order valence-electron chi connectivity index (χ4n) is 4.85. The molecule has 4 atom stereocenters. The number of benzene rings is 1. The Morgan fingerprint density at radius 3 is 2.76 bits per heavy atom. The molecule has 2 bridgehead atoms. The van der Waals surface area contributed by atoms with Crippen molar-refractivity contribution in [3.8, 4) is 0 Å². The Labute approximate surface area is 170 Å². The Kier molecular flexibility index (Phi) is 3.30. The zero-order valence-corrected chi connectivity index (χ0v) is 16.4. The highest BCUT2D eigenvalue weighted by atomic mass is 32.1. The lowest BCUT2D eigenvalue weighted by Gasteiger charge is -2.25. The first-order chi connectivity index (χ1) is 14.1. The Balaban J connectivity index is 1.22. The van der Waals surface area contributed by atoms with Crippen molar-refractivity contribution < 1.29 is 9.59 Å². The van der Waals surface area contributed by atoms with Gasteiger partial charge in [0.25, 0.3) is 11.8 Å². The van der Waals surface area contributed by atoms with Crippen LogP contribution in [0.25, 0.3) is 0 Å². The summed E-state index contributed by atoms with van der Waals surface area (Å²) in [5, 5.41) is 12.3. The predicted molar refractivity (Wildman–Crippen MR) is 107 cm³/mol. The van der Waals surface area contributed by atoms with Gasteiger partial charge in [0.2, 0.25) is 5.01 Å². The summed E-state index contributed by atoms with van der Waals surface area (Å²) in [5.41, 5.74) is 1.40. The molecular weight excluding hydrogens is 386 g/mol. The first kappa shape index (κ1) is 16.8. The highest BCUT2D eigenvalue weighted by Crippen LogP contribution is 2.82. The molecule has 2 saturated carbocycles. The number of aromatic nitrogens is 3. The molecule has 0 saturated heterocycles. The highest BCUT2D eigenvalue weighted by molar-refractivity contribution is 7.13. The van der Waals surface area contributed by atoms with Gasteiger partial charge in [-0.15, -0.1) is 10.2 Å². The maximum Gasteiger partial charge on any atom is 0.283 e. The highest BCUT2D eigenvalue weighted by Gasteiger charge is 2.90. The lowest BCUT2D eigenvalue weighted by Crippen LogP contribution is -2.54. The minimum Gasteiger partial charge on any atom is -0.335 e. The van der Waals surface area contributed by atoms with Gasteiger partial charge in [0.1, 0.15) is 16.4 Å². The van der Waals surface area contributed by atoms with Gasteiger partial charge in [0, 0.05) is 31.5 Å². The molecule has 1 N–H and O–H groups in total. The van der Waals surface area contributed by atoms with Gasteiger partial charge < -0.3 is 5.32 Å². The van der Waals surface area contributed by atoms with Gasteiger partial charge in [0.05, 0.1) is 0 Å². The van der Waals surface area contributed by atoms with Crippen LogP contribution in [0.5, 0.6) is 0 Å². The number of anilines is 1. The molecule has 1 aromatic carbocycles. The lowest BCUT2D eigenvalue weighted by molar-refractivity contribution is -0.122. The van der Waals surface area contributed by atoms with Crippen LogP contribution in [0.4, 0.5) is 5.82 Å². The molecule has 0 spiro atoms. The molecule has 8 heteroatoms. The second kappa shape index (κ2) is 5.70. The van der Waals surface area contributed by atoms with E-state index < -0.39 is 5.54 Å². The van der Waals surface area contributed by atoms with Crippen molar-refractivity contribution in [1.29, 1.82) is 0 Å². The largest absolute Gasteiger partial charge is 0.335 e. The van der Waals surface area contributed by atoms with Crippen molar-refractivity contribution in [1.82, 2.24) is 20.5 Å². The molecule has 3 aromatic rings. The van der Waals surface area contributed by atoms with E-state index in [0.717, 1.165) is 16.1 Å². The van der Waals surface area contributed by atoms with E-state index in [1.807, 2.05) is 42.5 Å². The second-order valence-corrected chi connectivity index (χ2v) is 8.91. The molecule has 29 heavy (non-hydrogen) atoms. The Hall–Kier alpha value is -3.13. The number of hydrogen-bond acceptors (Lipinski definition) is 6. The van der Waals surface area contributed by atoms with E-state index in [1.54, 1.807) is 18.1 Å². The monoisotopic (exact) mass is 403 g/mol. The normalized spacial score (nSPS) is 28.2. The van der Waals surface area contributed by atoms with Crippen molar-refractivity contribution >= 4 is 29.0 Å². The fraction of sp³-hybridized carbons (Fsp3) is 0.286. The molecule has 0 radical (unpaired) electrons. The number of amides is 2. The number of fused-ring (bicyclic) bond motifs is 1. The van der Waals surface area contributed by atoms with Crippen LogP contribution >= 0.6 is 11.3 Å². The van der Waals surface area contributed by atoms with E-state index in [9.17, 15) is 9.59 Å². The summed E-state index contributed by atoms with van der Waals surface area (Å²) in [6.45, 7) is 0. The molecule has 144 valence electrons. The smallest absolute Gasteiger partial charge is 0.283 e. The average molecular weight is 403 g/mol. The van der Waals surface area contributed by atoms with Crippen LogP contribution in [0.15, 0.2) is 48.7 Å². The van der Waals surface area contributed by atoms with Crippen LogP contribution < -0.4 is 10.2 Å². The van der Waals surface area contributed by atoms with Gasteiger partial charge in [-0.05, 0) is 23.1 Å². The number of rotatable bonds is 4. The van der Waals surface area contributed by atoms with Crippen LogP contribution in [-0.4, -0.2) is 39.6 Å². The minimum atomic E-state index is -0.817. The SMILES string of the molecule is CN1C(=O)C2(NC(=O)c3nnc(Cc4ccccc4)s3)C3C(c4cccnc41)[C@H]32. The lowest BCUT2D eigenvalue weighted by atomic mass is 9.93. The molecular formula is C21H17N5O2S. The Bertz CT molecular complexity index is 1150. The second-order valence-electron chi connectivity index (χ2n) is 7.84. The van der Waals surface area contributed by atoms with Crippen LogP contribution in [-0.2, 0) is 11.2 Å². The zero-order valence-electron chi connectivity index (χ0n) is 15.6. The number of carbonyl (C=O) groups excluding carboxylic acids is 2. The summed E-state index contributed by atoms with van der Waals surface area (Å²) < 4.78 is 0. The summed E-state index contributed by atoms with van der Waals surface area (Å²) in [6, 6.07) is 13.9. The third-order valence-electron chi connectivity index (χ3n) is 6.29. The minimum absolute atomic E-state index is 0.0939. The Morgan fingerprint density at radius 2 is 1.97 bits per heavy atom. The van der Waals surface area contributed by atoms with Gasteiger partial charge in [-0.25, -0.2) is 4.98 Å². The number of carbonyl (C=O) groups is 2. The van der Waals surface area contributed by atoms with E-state index in [-0.39, 0.29) is 23.7 Å². The van der Waals surface area contributed by atoms with Crippen molar-refractivity contribution in [3.63, 3.8) is 0 Å². The number of hydrogen-bond donors (Lipinski definition) is 1. The quantitative estimate of drug-likeness (QED) is 0.720. The third kappa shape index (κ3) is 2.26. The molecule has 2 aliphatic carbocycles. The summed E-state index contributed by atoms with van der Waals surface area (Å²) in [7, 11) is 1.73. The third-order valence-corrected chi connectivity index (χ3v) is 7.22. The van der Waals surface area contributed by atoms with Crippen molar-refractivity contribution in [3.05, 3.63) is 69.8 Å². The summed E-state index contributed by atoms with van der Waals surface area (Å²) in [6.07, 6.45) is 2.33. The zero-order chi connectivity index (χ0) is 19.8. The maximum atomic E-state index is 13.1. The summed E-state index contributed by atoms with van der Waals surface area (Å²) in [4.78, 5) is 32.0. The molecule has 4 heterocycles. The summed E-state index contributed by atoms with van der Waals surface area (Å²) >= 11 is 1.27. The van der Waals surface area contributed by atoms with E-state index >= 15 is 0 Å².